The molecule has 3 aromatic rings. The molecular formula is C19H15FN6O6. The summed E-state index contributed by atoms with van der Waals surface area (Å²) in [5, 5.41) is 10.7. The number of anilines is 1. The molecule has 2 atom stereocenters. The summed E-state index contributed by atoms with van der Waals surface area (Å²) in [6.07, 6.45) is 5.02. The van der Waals surface area contributed by atoms with Crippen LogP contribution in [-0.2, 0) is 9.47 Å². The zero-order chi connectivity index (χ0) is 22.9. The van der Waals surface area contributed by atoms with Gasteiger partial charge in [-0.3, -0.25) is 14.7 Å². The molecular weight excluding hydrogens is 427 g/mol. The van der Waals surface area contributed by atoms with E-state index in [2.05, 4.69) is 20.9 Å². The minimum Gasteiger partial charge on any atom is -0.430 e. The summed E-state index contributed by atoms with van der Waals surface area (Å²) in [4.78, 5) is 33.3. The molecule has 0 aliphatic carbocycles. The fraction of sp³-hybridized carbons (Fsp3) is 0.263. The molecule has 3 heterocycles. The topological polar surface area (TPSA) is 158 Å². The van der Waals surface area contributed by atoms with Crippen molar-refractivity contribution in [2.45, 2.75) is 24.7 Å². The van der Waals surface area contributed by atoms with Crippen molar-refractivity contribution in [3.05, 3.63) is 46.8 Å². The third-order valence-corrected chi connectivity index (χ3v) is 4.82. The maximum atomic E-state index is 13.6. The summed E-state index contributed by atoms with van der Waals surface area (Å²) in [6, 6.07) is 4.89. The van der Waals surface area contributed by atoms with Gasteiger partial charge >= 0.3 is 12.2 Å². The smallest absolute Gasteiger partial charge is 0.430 e. The van der Waals surface area contributed by atoms with Crippen molar-refractivity contribution in [1.29, 1.82) is 0 Å². The number of fused-ring (bicyclic) bond motifs is 1. The highest BCUT2D eigenvalue weighted by atomic mass is 19.1. The zero-order valence-electron chi connectivity index (χ0n) is 16.3. The number of terminal acetylenes is 1. The van der Waals surface area contributed by atoms with Crippen LogP contribution in [0.25, 0.3) is 11.2 Å². The predicted octanol–water partition coefficient (Wildman–Crippen LogP) is 2.35. The van der Waals surface area contributed by atoms with Gasteiger partial charge in [0.15, 0.2) is 22.6 Å². The molecule has 4 rings (SSSR count). The number of carbonyl (C=O) groups excluding carboxylic acids is 1. The number of halogens is 1. The Morgan fingerprint density at radius 2 is 2.19 bits per heavy atom. The summed E-state index contributed by atoms with van der Waals surface area (Å²) < 4.78 is 31.1. The van der Waals surface area contributed by atoms with Crippen LogP contribution >= 0.6 is 0 Å². The number of carbonyl (C=O) groups is 1. The highest BCUT2D eigenvalue weighted by Gasteiger charge is 2.42. The third kappa shape index (κ3) is 3.98. The van der Waals surface area contributed by atoms with E-state index in [1.807, 2.05) is 0 Å². The lowest BCUT2D eigenvalue weighted by molar-refractivity contribution is -0.384. The monoisotopic (exact) mass is 442 g/mol. The van der Waals surface area contributed by atoms with Crippen molar-refractivity contribution in [2.75, 3.05) is 12.3 Å². The van der Waals surface area contributed by atoms with E-state index in [-0.39, 0.29) is 35.0 Å². The summed E-state index contributed by atoms with van der Waals surface area (Å²) in [5.41, 5.74) is 4.63. The number of nitro groups is 1. The Morgan fingerprint density at radius 3 is 2.88 bits per heavy atom. The largest absolute Gasteiger partial charge is 0.513 e. The molecule has 0 bridgehead atoms. The zero-order valence-corrected chi connectivity index (χ0v) is 16.3. The molecule has 2 N–H and O–H groups in total. The normalized spacial score (nSPS) is 20.1. The highest BCUT2D eigenvalue weighted by Crippen LogP contribution is 2.38. The average Bonchev–Trinajstić information content (AvgIpc) is 3.37. The van der Waals surface area contributed by atoms with Gasteiger partial charge in [-0.2, -0.15) is 14.4 Å². The average molecular weight is 442 g/mol. The van der Waals surface area contributed by atoms with E-state index in [1.165, 1.54) is 35.2 Å². The number of benzene rings is 1. The van der Waals surface area contributed by atoms with Gasteiger partial charge in [-0.15, -0.1) is 6.42 Å². The van der Waals surface area contributed by atoms with Crippen molar-refractivity contribution < 1.29 is 28.3 Å². The molecule has 2 unspecified atom stereocenters. The SMILES string of the molecule is C#CC1(COC(=O)Oc2ccc([N+](=O)[O-])cc2)CCC(n2cnc3c(N)nc(F)nc32)O1. The second-order valence-electron chi connectivity index (χ2n) is 6.84. The van der Waals surface area contributed by atoms with Crippen LogP contribution in [0.5, 0.6) is 5.75 Å². The van der Waals surface area contributed by atoms with Crippen molar-refractivity contribution >= 4 is 28.8 Å². The van der Waals surface area contributed by atoms with E-state index in [0.29, 0.717) is 12.8 Å². The van der Waals surface area contributed by atoms with E-state index in [0.717, 1.165) is 0 Å². The van der Waals surface area contributed by atoms with Crippen LogP contribution < -0.4 is 10.5 Å². The fourth-order valence-electron chi connectivity index (χ4n) is 3.24. The van der Waals surface area contributed by atoms with Gasteiger partial charge in [-0.25, -0.2) is 9.78 Å². The minimum absolute atomic E-state index is 0.0600. The Morgan fingerprint density at radius 1 is 1.44 bits per heavy atom. The van der Waals surface area contributed by atoms with Gasteiger partial charge in [0, 0.05) is 12.1 Å². The van der Waals surface area contributed by atoms with Crippen LogP contribution in [0, 0.1) is 28.5 Å². The molecule has 1 saturated heterocycles. The number of nitrogens with two attached hydrogens (primary N) is 1. The molecule has 2 aromatic heterocycles. The molecule has 1 aliphatic rings. The van der Waals surface area contributed by atoms with Gasteiger partial charge in [0.25, 0.3) is 5.69 Å². The lowest BCUT2D eigenvalue weighted by Gasteiger charge is -2.23. The van der Waals surface area contributed by atoms with Crippen molar-refractivity contribution in [1.82, 2.24) is 19.5 Å². The molecule has 0 spiro atoms. The van der Waals surface area contributed by atoms with E-state index >= 15 is 0 Å². The molecule has 0 radical (unpaired) electrons. The van der Waals surface area contributed by atoms with Crippen LogP contribution in [0.3, 0.4) is 0 Å². The molecule has 0 saturated carbocycles. The molecule has 164 valence electrons. The van der Waals surface area contributed by atoms with E-state index < -0.39 is 29.0 Å². The first-order chi connectivity index (χ1) is 15.3. The van der Waals surface area contributed by atoms with Gasteiger partial charge in [0.05, 0.1) is 11.3 Å². The van der Waals surface area contributed by atoms with Crippen molar-refractivity contribution in [3.63, 3.8) is 0 Å². The first kappa shape index (κ1) is 20.9. The molecule has 32 heavy (non-hydrogen) atoms. The second kappa shape index (κ2) is 8.08. The number of nitro benzene ring substituents is 1. The van der Waals surface area contributed by atoms with E-state index in [1.54, 1.807) is 0 Å². The van der Waals surface area contributed by atoms with Gasteiger partial charge in [0.2, 0.25) is 0 Å². The van der Waals surface area contributed by atoms with Gasteiger partial charge in [0.1, 0.15) is 18.6 Å². The minimum atomic E-state index is -1.26. The molecule has 1 aliphatic heterocycles. The number of ether oxygens (including phenoxy) is 3. The maximum absolute atomic E-state index is 13.6. The van der Waals surface area contributed by atoms with Gasteiger partial charge in [-0.1, -0.05) is 5.92 Å². The lowest BCUT2D eigenvalue weighted by Crippen LogP contribution is -2.34. The number of hydrogen-bond donors (Lipinski definition) is 1. The number of nitrogens with zero attached hydrogens (tertiary/aromatic N) is 5. The van der Waals surface area contributed by atoms with Crippen LogP contribution in [0.4, 0.5) is 20.7 Å². The second-order valence-corrected chi connectivity index (χ2v) is 6.84. The predicted molar refractivity (Wildman–Crippen MR) is 106 cm³/mol. The summed E-state index contributed by atoms with van der Waals surface area (Å²) >= 11 is 0. The van der Waals surface area contributed by atoms with Crippen LogP contribution in [0.1, 0.15) is 19.1 Å². The summed E-state index contributed by atoms with van der Waals surface area (Å²) in [6.45, 7) is -0.316. The Hall–Kier alpha value is -4.31. The molecule has 1 fully saturated rings. The number of nitrogen functional groups attached to an aromatic ring is 1. The van der Waals surface area contributed by atoms with Crippen molar-refractivity contribution in [2.24, 2.45) is 0 Å². The standard InChI is InChI=1S/C19H15FN6O6/c1-2-19(9-30-18(27)31-12-5-3-11(4-6-12)26(28)29)8-7-13(32-19)25-10-22-14-15(21)23-17(20)24-16(14)25/h1,3-6,10,13H,7-9H2,(H2,21,23,24). The van der Waals surface area contributed by atoms with E-state index in [4.69, 9.17) is 26.4 Å². The summed E-state index contributed by atoms with van der Waals surface area (Å²) in [7, 11) is 0. The van der Waals surface area contributed by atoms with Crippen LogP contribution in [-0.4, -0.2) is 42.8 Å². The number of aromatic nitrogens is 4. The summed E-state index contributed by atoms with van der Waals surface area (Å²) in [5.74, 6) is 2.44. The molecule has 13 heteroatoms. The van der Waals surface area contributed by atoms with Crippen LogP contribution in [0.2, 0.25) is 0 Å². The number of non-ortho nitro benzene ring substituents is 1. The highest BCUT2D eigenvalue weighted by molar-refractivity contribution is 5.81. The number of hydrogen-bond acceptors (Lipinski definition) is 10. The number of rotatable bonds is 5. The maximum Gasteiger partial charge on any atom is 0.513 e. The molecule has 12 nitrogen and oxygen atoms in total. The molecule has 0 amide bonds. The van der Waals surface area contributed by atoms with Gasteiger partial charge in [-0.05, 0) is 25.0 Å². The van der Waals surface area contributed by atoms with Gasteiger partial charge < -0.3 is 19.9 Å². The van der Waals surface area contributed by atoms with Crippen LogP contribution in [0.15, 0.2) is 30.6 Å². The Labute approximate surface area is 179 Å². The Bertz CT molecular complexity index is 1240. The Balaban J connectivity index is 1.41. The first-order valence-electron chi connectivity index (χ1n) is 9.20. The lowest BCUT2D eigenvalue weighted by atomic mass is 10.0. The van der Waals surface area contributed by atoms with Crippen molar-refractivity contribution in [3.8, 4) is 18.1 Å². The first-order valence-corrected chi connectivity index (χ1v) is 9.20. The molecule has 1 aromatic carbocycles. The van der Waals surface area contributed by atoms with E-state index in [9.17, 15) is 19.3 Å². The Kier molecular flexibility index (Phi) is 5.29. The third-order valence-electron chi connectivity index (χ3n) is 4.82. The quantitative estimate of drug-likeness (QED) is 0.155. The number of imidazole rings is 1. The fourth-order valence-corrected chi connectivity index (χ4v) is 3.24.